The summed E-state index contributed by atoms with van der Waals surface area (Å²) in [4.78, 5) is 17.1. The molecular weight excluding hydrogens is 463 g/mol. The van der Waals surface area contributed by atoms with Gasteiger partial charge in [-0.3, -0.25) is 4.79 Å². The molecule has 7 nitrogen and oxygen atoms in total. The van der Waals surface area contributed by atoms with Gasteiger partial charge in [0.2, 0.25) is 0 Å². The molecule has 2 aromatic heterocycles. The van der Waals surface area contributed by atoms with Gasteiger partial charge < -0.3 is 11.1 Å². The summed E-state index contributed by atoms with van der Waals surface area (Å²) in [6, 6.07) is 21.2. The highest BCUT2D eigenvalue weighted by Crippen LogP contribution is 2.25. The predicted octanol–water partition coefficient (Wildman–Crippen LogP) is 4.52. The number of aryl methyl sites for hydroxylation is 1. The largest absolute Gasteiger partial charge is 0.382 e. The Morgan fingerprint density at radius 3 is 2.63 bits per heavy atom. The quantitative estimate of drug-likeness (QED) is 0.266. The molecule has 0 radical (unpaired) electrons. The number of hydrogen-bond donors (Lipinski definition) is 2. The summed E-state index contributed by atoms with van der Waals surface area (Å²) in [5, 5.41) is 17.6. The molecule has 2 aromatic carbocycles. The number of rotatable bonds is 9. The smallest absolute Gasteiger partial charge is 0.254 e. The number of nitriles is 1. The van der Waals surface area contributed by atoms with Crippen LogP contribution in [-0.2, 0) is 12.2 Å². The molecule has 0 atom stereocenters. The van der Waals surface area contributed by atoms with E-state index in [1.165, 1.54) is 23.9 Å². The average molecular weight is 487 g/mol. The fourth-order valence-electron chi connectivity index (χ4n) is 3.51. The van der Waals surface area contributed by atoms with Crippen LogP contribution in [0.4, 0.5) is 10.2 Å². The fraction of sp³-hybridized carbons (Fsp3) is 0.154. The average Bonchev–Trinajstić information content (AvgIpc) is 3.21. The number of carbonyl (C=O) groups is 1. The van der Waals surface area contributed by atoms with E-state index in [1.54, 1.807) is 35.1 Å². The molecule has 3 N–H and O–H groups in total. The zero-order chi connectivity index (χ0) is 24.6. The normalized spacial score (nSPS) is 10.6. The molecule has 0 unspecified atom stereocenters. The van der Waals surface area contributed by atoms with Gasteiger partial charge in [-0.25, -0.2) is 14.1 Å². The van der Waals surface area contributed by atoms with Crippen molar-refractivity contribution in [2.24, 2.45) is 0 Å². The van der Waals surface area contributed by atoms with Crippen LogP contribution in [-0.4, -0.2) is 27.2 Å². The number of carbonyl (C=O) groups excluding carboxylic acids is 1. The summed E-state index contributed by atoms with van der Waals surface area (Å²) < 4.78 is 14.7. The predicted molar refractivity (Wildman–Crippen MR) is 134 cm³/mol. The minimum Gasteiger partial charge on any atom is -0.382 e. The molecule has 0 spiro atoms. The number of hydrogen-bond acceptors (Lipinski definition) is 6. The van der Waals surface area contributed by atoms with E-state index in [2.05, 4.69) is 21.5 Å². The van der Waals surface area contributed by atoms with Crippen LogP contribution in [0.15, 0.2) is 78.0 Å². The third-order valence-corrected chi connectivity index (χ3v) is 6.36. The van der Waals surface area contributed by atoms with Gasteiger partial charge in [-0.15, -0.1) is 11.8 Å². The van der Waals surface area contributed by atoms with E-state index in [-0.39, 0.29) is 11.7 Å². The number of amides is 1. The fourth-order valence-corrected chi connectivity index (χ4v) is 4.45. The van der Waals surface area contributed by atoms with Crippen molar-refractivity contribution in [1.29, 1.82) is 5.26 Å². The number of halogens is 1. The second-order valence-electron chi connectivity index (χ2n) is 7.70. The SMILES string of the molecule is N#Cc1c(CCCNC(=O)c2cccnc2SCc2ccc(F)cc2)nn(-c2ccccc2)c1N. The summed E-state index contributed by atoms with van der Waals surface area (Å²) in [6.45, 7) is 0.402. The molecule has 0 aliphatic rings. The molecule has 176 valence electrons. The minimum absolute atomic E-state index is 0.227. The molecule has 0 fully saturated rings. The molecule has 0 aliphatic carbocycles. The Balaban J connectivity index is 1.35. The molecule has 0 saturated carbocycles. The summed E-state index contributed by atoms with van der Waals surface area (Å²) in [5.41, 5.74) is 9.30. The molecule has 0 aliphatic heterocycles. The van der Waals surface area contributed by atoms with Gasteiger partial charge in [-0.1, -0.05) is 30.3 Å². The third kappa shape index (κ3) is 5.86. The number of nitrogens with one attached hydrogen (secondary N) is 1. The molecule has 0 saturated heterocycles. The Morgan fingerprint density at radius 1 is 1.11 bits per heavy atom. The summed E-state index contributed by atoms with van der Waals surface area (Å²) in [7, 11) is 0. The van der Waals surface area contributed by atoms with E-state index in [0.29, 0.717) is 52.8 Å². The summed E-state index contributed by atoms with van der Waals surface area (Å²) in [6.07, 6.45) is 2.72. The Kier molecular flexibility index (Phi) is 7.75. The molecule has 2 heterocycles. The number of anilines is 1. The number of nitrogens with two attached hydrogens (primary N) is 1. The van der Waals surface area contributed by atoms with Crippen molar-refractivity contribution in [3.63, 3.8) is 0 Å². The van der Waals surface area contributed by atoms with Crippen LogP contribution in [0, 0.1) is 17.1 Å². The lowest BCUT2D eigenvalue weighted by molar-refractivity contribution is 0.0949. The number of pyridine rings is 1. The standard InChI is InChI=1S/C26H23FN6OS/c27-19-12-10-18(11-13-19)17-35-26-21(8-4-15-31-26)25(34)30-14-5-9-23-22(16-28)24(29)33(32-23)20-6-2-1-3-7-20/h1-4,6-8,10-13,15H,5,9,14,17,29H2,(H,30,34). The summed E-state index contributed by atoms with van der Waals surface area (Å²) >= 11 is 1.42. The highest BCUT2D eigenvalue weighted by Gasteiger charge is 2.17. The van der Waals surface area contributed by atoms with Gasteiger partial charge in [0.1, 0.15) is 28.3 Å². The van der Waals surface area contributed by atoms with Crippen LogP contribution in [0.3, 0.4) is 0 Å². The van der Waals surface area contributed by atoms with E-state index >= 15 is 0 Å². The van der Waals surface area contributed by atoms with E-state index < -0.39 is 0 Å². The molecule has 4 aromatic rings. The molecule has 4 rings (SSSR count). The molecular formula is C26H23FN6OS. The van der Waals surface area contributed by atoms with Crippen molar-refractivity contribution in [2.75, 3.05) is 12.3 Å². The van der Waals surface area contributed by atoms with Crippen LogP contribution in [0.1, 0.15) is 33.6 Å². The topological polar surface area (TPSA) is 110 Å². The Labute approximate surface area is 206 Å². The van der Waals surface area contributed by atoms with Gasteiger partial charge in [0, 0.05) is 18.5 Å². The zero-order valence-electron chi connectivity index (χ0n) is 18.8. The van der Waals surface area contributed by atoms with E-state index in [9.17, 15) is 14.4 Å². The first-order valence-electron chi connectivity index (χ1n) is 11.0. The first-order chi connectivity index (χ1) is 17.1. The summed E-state index contributed by atoms with van der Waals surface area (Å²) in [5.74, 6) is 0.360. The molecule has 9 heteroatoms. The van der Waals surface area contributed by atoms with Gasteiger partial charge in [0.25, 0.3) is 5.91 Å². The van der Waals surface area contributed by atoms with Crippen molar-refractivity contribution in [3.05, 3.63) is 101 Å². The van der Waals surface area contributed by atoms with E-state index in [0.717, 1.165) is 11.3 Å². The maximum absolute atomic E-state index is 13.1. The first kappa shape index (κ1) is 24.0. The number of benzene rings is 2. The lowest BCUT2D eigenvalue weighted by Gasteiger charge is -2.09. The van der Waals surface area contributed by atoms with Crippen LogP contribution >= 0.6 is 11.8 Å². The van der Waals surface area contributed by atoms with Crippen LogP contribution in [0.25, 0.3) is 5.69 Å². The molecule has 0 bridgehead atoms. The molecule has 35 heavy (non-hydrogen) atoms. The Hall–Kier alpha value is -4.16. The maximum Gasteiger partial charge on any atom is 0.254 e. The maximum atomic E-state index is 13.1. The van der Waals surface area contributed by atoms with Gasteiger partial charge in [-0.05, 0) is 54.8 Å². The second-order valence-corrected chi connectivity index (χ2v) is 8.66. The van der Waals surface area contributed by atoms with Gasteiger partial charge in [-0.2, -0.15) is 10.4 Å². The number of aromatic nitrogens is 3. The van der Waals surface area contributed by atoms with Crippen molar-refractivity contribution < 1.29 is 9.18 Å². The van der Waals surface area contributed by atoms with Gasteiger partial charge >= 0.3 is 0 Å². The Bertz CT molecular complexity index is 1350. The lowest BCUT2D eigenvalue weighted by atomic mass is 10.1. The minimum atomic E-state index is -0.284. The van der Waals surface area contributed by atoms with Crippen molar-refractivity contribution in [1.82, 2.24) is 20.1 Å². The van der Waals surface area contributed by atoms with Gasteiger partial charge in [0.15, 0.2) is 0 Å². The lowest BCUT2D eigenvalue weighted by Crippen LogP contribution is -2.25. The number of para-hydroxylation sites is 1. The van der Waals surface area contributed by atoms with E-state index in [1.807, 2.05) is 30.3 Å². The van der Waals surface area contributed by atoms with Crippen LogP contribution in [0.5, 0.6) is 0 Å². The monoisotopic (exact) mass is 486 g/mol. The number of nitrogens with zero attached hydrogens (tertiary/aromatic N) is 4. The van der Waals surface area contributed by atoms with E-state index in [4.69, 9.17) is 5.73 Å². The van der Waals surface area contributed by atoms with Crippen molar-refractivity contribution in [3.8, 4) is 11.8 Å². The van der Waals surface area contributed by atoms with Crippen molar-refractivity contribution in [2.45, 2.75) is 23.6 Å². The van der Waals surface area contributed by atoms with Crippen LogP contribution < -0.4 is 11.1 Å². The number of thioether (sulfide) groups is 1. The van der Waals surface area contributed by atoms with Crippen LogP contribution in [0.2, 0.25) is 0 Å². The zero-order valence-corrected chi connectivity index (χ0v) is 19.6. The highest BCUT2D eigenvalue weighted by atomic mass is 32.2. The molecule has 1 amide bonds. The van der Waals surface area contributed by atoms with Gasteiger partial charge in [0.05, 0.1) is 16.9 Å². The highest BCUT2D eigenvalue weighted by molar-refractivity contribution is 7.98. The third-order valence-electron chi connectivity index (χ3n) is 5.29. The first-order valence-corrected chi connectivity index (χ1v) is 12.0. The second kappa shape index (κ2) is 11.3. The van der Waals surface area contributed by atoms with Crippen molar-refractivity contribution >= 4 is 23.5 Å². The Morgan fingerprint density at radius 2 is 1.89 bits per heavy atom. The number of nitrogen functional groups attached to an aromatic ring is 1.